The minimum atomic E-state index is -0.233. The highest BCUT2D eigenvalue weighted by Gasteiger charge is 2.26. The van der Waals surface area contributed by atoms with Crippen LogP contribution in [0, 0.1) is 13.8 Å². The molecule has 0 aliphatic carbocycles. The van der Waals surface area contributed by atoms with E-state index in [0.29, 0.717) is 5.35 Å². The van der Waals surface area contributed by atoms with Crippen LogP contribution in [-0.2, 0) is 6.54 Å². The number of H-pyrrole nitrogens is 1. The summed E-state index contributed by atoms with van der Waals surface area (Å²) >= 11 is 0. The highest BCUT2D eigenvalue weighted by molar-refractivity contribution is 5.36. The molecule has 1 aliphatic rings. The van der Waals surface area contributed by atoms with Gasteiger partial charge in [0.1, 0.15) is 5.82 Å². The number of piperidine rings is 1. The molecule has 3 rings (SSSR count). The summed E-state index contributed by atoms with van der Waals surface area (Å²) in [7, 11) is 0. The number of rotatable bonds is 4. The maximum absolute atomic E-state index is 13.0. The molecule has 0 saturated carbocycles. The molecule has 1 saturated heterocycles. The maximum Gasteiger partial charge on any atom is 0.124 e. The molecule has 2 aromatic rings. The Bertz CT molecular complexity index is 906. The van der Waals surface area contributed by atoms with E-state index in [2.05, 4.69) is 48.5 Å². The minimum Gasteiger partial charge on any atom is -0.341 e. The summed E-state index contributed by atoms with van der Waals surface area (Å²) in [5.74, 6) is 0.706. The van der Waals surface area contributed by atoms with Gasteiger partial charge in [0.15, 0.2) is 0 Å². The summed E-state index contributed by atoms with van der Waals surface area (Å²) in [6, 6.07) is 6.95. The predicted molar refractivity (Wildman–Crippen MR) is 106 cm³/mol. The molecule has 1 aromatic carbocycles. The van der Waals surface area contributed by atoms with Crippen LogP contribution in [0.2, 0.25) is 0 Å². The van der Waals surface area contributed by atoms with Crippen molar-refractivity contribution >= 4 is 12.7 Å². The van der Waals surface area contributed by atoms with Crippen LogP contribution in [-0.4, -0.2) is 21.4 Å². The molecule has 1 aliphatic heterocycles. The van der Waals surface area contributed by atoms with Crippen molar-refractivity contribution in [3.63, 3.8) is 0 Å². The molecule has 1 fully saturated rings. The van der Waals surface area contributed by atoms with Crippen LogP contribution in [0.1, 0.15) is 54.7 Å². The standard InChI is InChI=1S/C22H28FN3/c1-15-8-10-19(13-16(15)2)14-26-12-6-5-7-21(26)22-24-18(4)20(25-22)11-9-17(3)23/h8-11,13,21H,4-7,12,14H2,1-3H3,(H,24,25)/b17-9+,20-11+. The van der Waals surface area contributed by atoms with E-state index in [1.54, 1.807) is 6.08 Å². The van der Waals surface area contributed by atoms with Crippen molar-refractivity contribution in [2.24, 2.45) is 0 Å². The molecule has 1 N–H and O–H groups in total. The van der Waals surface area contributed by atoms with Crippen LogP contribution in [0.25, 0.3) is 12.7 Å². The number of nitrogens with zero attached hydrogens (tertiary/aromatic N) is 2. The number of aromatic amines is 1. The average Bonchev–Trinajstić information content (AvgIpc) is 2.97. The average molecular weight is 353 g/mol. The number of likely N-dealkylation sites (tertiary alicyclic amines) is 1. The Morgan fingerprint density at radius 3 is 2.88 bits per heavy atom. The first-order chi connectivity index (χ1) is 12.4. The van der Waals surface area contributed by atoms with Gasteiger partial charge in [0.05, 0.1) is 22.6 Å². The summed E-state index contributed by atoms with van der Waals surface area (Å²) in [5, 5.41) is 1.46. The Balaban J connectivity index is 1.86. The normalized spacial score (nSPS) is 19.9. The Hall–Kier alpha value is -2.20. The zero-order valence-electron chi connectivity index (χ0n) is 16.0. The monoisotopic (exact) mass is 353 g/mol. The lowest BCUT2D eigenvalue weighted by Crippen LogP contribution is -2.33. The van der Waals surface area contributed by atoms with E-state index in [0.717, 1.165) is 30.7 Å². The van der Waals surface area contributed by atoms with Crippen molar-refractivity contribution in [2.75, 3.05) is 6.54 Å². The molecule has 1 atom stereocenters. The van der Waals surface area contributed by atoms with Gasteiger partial charge in [0.2, 0.25) is 0 Å². The summed E-state index contributed by atoms with van der Waals surface area (Å²) < 4.78 is 13.0. The van der Waals surface area contributed by atoms with Crippen LogP contribution in [0.3, 0.4) is 0 Å². The van der Waals surface area contributed by atoms with Gasteiger partial charge < -0.3 is 4.98 Å². The number of aryl methyl sites for hydroxylation is 2. The van der Waals surface area contributed by atoms with E-state index in [1.807, 2.05) is 0 Å². The van der Waals surface area contributed by atoms with Crippen LogP contribution in [0.5, 0.6) is 0 Å². The summed E-state index contributed by atoms with van der Waals surface area (Å²) in [6.45, 7) is 11.7. The molecule has 0 bridgehead atoms. The third-order valence-electron chi connectivity index (χ3n) is 5.19. The third-order valence-corrected chi connectivity index (χ3v) is 5.19. The van der Waals surface area contributed by atoms with Gasteiger partial charge in [-0.25, -0.2) is 9.37 Å². The lowest BCUT2D eigenvalue weighted by Gasteiger charge is -2.34. The molecule has 0 radical (unpaired) electrons. The zero-order chi connectivity index (χ0) is 18.7. The fourth-order valence-corrected chi connectivity index (χ4v) is 3.56. The smallest absolute Gasteiger partial charge is 0.124 e. The first kappa shape index (κ1) is 18.6. The Morgan fingerprint density at radius 1 is 1.35 bits per heavy atom. The van der Waals surface area contributed by atoms with Gasteiger partial charge in [0.25, 0.3) is 0 Å². The topological polar surface area (TPSA) is 31.9 Å². The van der Waals surface area contributed by atoms with E-state index in [-0.39, 0.29) is 11.9 Å². The maximum atomic E-state index is 13.0. The fourth-order valence-electron chi connectivity index (χ4n) is 3.56. The molecular weight excluding hydrogens is 325 g/mol. The number of benzene rings is 1. The largest absolute Gasteiger partial charge is 0.341 e. The molecule has 3 nitrogen and oxygen atoms in total. The van der Waals surface area contributed by atoms with Gasteiger partial charge in [-0.2, -0.15) is 0 Å². The number of aromatic nitrogens is 2. The molecular formula is C22H28FN3. The predicted octanol–water partition coefficient (Wildman–Crippen LogP) is 3.82. The van der Waals surface area contributed by atoms with Crippen molar-refractivity contribution in [3.05, 3.63) is 63.3 Å². The Kier molecular flexibility index (Phi) is 5.72. The van der Waals surface area contributed by atoms with Crippen LogP contribution < -0.4 is 10.7 Å². The number of allylic oxidation sites excluding steroid dienone is 2. The summed E-state index contributed by atoms with van der Waals surface area (Å²) in [6.07, 6.45) is 6.61. The molecule has 4 heteroatoms. The second-order valence-corrected chi connectivity index (χ2v) is 7.31. The molecule has 26 heavy (non-hydrogen) atoms. The third kappa shape index (κ3) is 4.31. The highest BCUT2D eigenvalue weighted by Crippen LogP contribution is 2.29. The summed E-state index contributed by atoms with van der Waals surface area (Å²) in [4.78, 5) is 10.5. The highest BCUT2D eigenvalue weighted by atomic mass is 19.1. The van der Waals surface area contributed by atoms with Crippen molar-refractivity contribution in [1.82, 2.24) is 14.9 Å². The van der Waals surface area contributed by atoms with E-state index in [9.17, 15) is 4.39 Å². The fraction of sp³-hybridized carbons (Fsp3) is 0.409. The van der Waals surface area contributed by atoms with Gasteiger partial charge in [-0.05, 0) is 69.0 Å². The zero-order valence-corrected chi connectivity index (χ0v) is 16.0. The van der Waals surface area contributed by atoms with Gasteiger partial charge in [0, 0.05) is 6.54 Å². The number of hydrogen-bond acceptors (Lipinski definition) is 2. The van der Waals surface area contributed by atoms with Gasteiger partial charge in [-0.3, -0.25) is 4.90 Å². The quantitative estimate of drug-likeness (QED) is 0.906. The second-order valence-electron chi connectivity index (χ2n) is 7.31. The van der Waals surface area contributed by atoms with Gasteiger partial charge in [-0.15, -0.1) is 0 Å². The molecule has 1 unspecified atom stereocenters. The van der Waals surface area contributed by atoms with Crippen molar-refractivity contribution in [3.8, 4) is 0 Å². The van der Waals surface area contributed by atoms with Gasteiger partial charge >= 0.3 is 0 Å². The van der Waals surface area contributed by atoms with Crippen molar-refractivity contribution in [2.45, 2.75) is 52.6 Å². The van der Waals surface area contributed by atoms with Gasteiger partial charge in [-0.1, -0.05) is 31.2 Å². The number of hydrogen-bond donors (Lipinski definition) is 1. The van der Waals surface area contributed by atoms with Crippen LogP contribution >= 0.6 is 0 Å². The number of imidazole rings is 1. The molecule has 0 spiro atoms. The van der Waals surface area contributed by atoms with E-state index in [4.69, 9.17) is 4.98 Å². The Morgan fingerprint density at radius 2 is 2.15 bits per heavy atom. The lowest BCUT2D eigenvalue weighted by atomic mass is 9.99. The number of halogens is 1. The minimum absolute atomic E-state index is 0.233. The molecule has 0 amide bonds. The molecule has 138 valence electrons. The lowest BCUT2D eigenvalue weighted by molar-refractivity contribution is 0.134. The van der Waals surface area contributed by atoms with Crippen LogP contribution in [0.15, 0.2) is 30.1 Å². The second kappa shape index (κ2) is 8.00. The van der Waals surface area contributed by atoms with Crippen molar-refractivity contribution in [1.29, 1.82) is 0 Å². The first-order valence-electron chi connectivity index (χ1n) is 9.33. The SMILES string of the molecule is C=c1[nH]c(C2CCCCN2Cc2ccc(C)c(C)c2)n/c1=C/C=C(\C)F. The van der Waals surface area contributed by atoms with E-state index in [1.165, 1.54) is 42.5 Å². The van der Waals surface area contributed by atoms with E-state index >= 15 is 0 Å². The number of nitrogens with one attached hydrogen (secondary N) is 1. The first-order valence-corrected chi connectivity index (χ1v) is 9.33. The molecule has 2 heterocycles. The molecule has 1 aromatic heterocycles. The Labute approximate surface area is 155 Å². The summed E-state index contributed by atoms with van der Waals surface area (Å²) in [5.41, 5.74) is 4.00. The van der Waals surface area contributed by atoms with Crippen molar-refractivity contribution < 1.29 is 4.39 Å². The van der Waals surface area contributed by atoms with Crippen LogP contribution in [0.4, 0.5) is 4.39 Å². The van der Waals surface area contributed by atoms with E-state index < -0.39 is 0 Å².